The Kier molecular flexibility index (Phi) is 6.42. The van der Waals surface area contributed by atoms with Gasteiger partial charge < -0.3 is 5.11 Å². The topological polar surface area (TPSA) is 66.4 Å². The number of halogens is 8. The Bertz CT molecular complexity index is 678. The van der Waals surface area contributed by atoms with E-state index in [1.54, 1.807) is 0 Å². The van der Waals surface area contributed by atoms with Crippen LogP contribution in [-0.2, 0) is 10.0 Å². The Morgan fingerprint density at radius 2 is 1.54 bits per heavy atom. The molecule has 0 fully saturated rings. The summed E-state index contributed by atoms with van der Waals surface area (Å²) in [6, 6.07) is -0.292. The highest BCUT2D eigenvalue weighted by Gasteiger charge is 2.60. The molecule has 0 spiro atoms. The standard InChI is InChI=1S/C11H9Cl2F6NO3S/c12-6-2-1-5(3-7(6)13)24(22,23)20-8(4-21)9(10(14,15)16)11(17,18)19/h1-3,8-9,20-21H,4H2. The predicted octanol–water partition coefficient (Wildman–Crippen LogP) is 3.37. The van der Waals surface area contributed by atoms with E-state index in [4.69, 9.17) is 28.3 Å². The average Bonchev–Trinajstić information content (AvgIpc) is 2.37. The highest BCUT2D eigenvalue weighted by molar-refractivity contribution is 7.89. The molecule has 0 saturated heterocycles. The van der Waals surface area contributed by atoms with E-state index >= 15 is 0 Å². The van der Waals surface area contributed by atoms with Gasteiger partial charge >= 0.3 is 12.4 Å². The van der Waals surface area contributed by atoms with Crippen LogP contribution in [0.4, 0.5) is 26.3 Å². The third-order valence-corrected chi connectivity index (χ3v) is 5.04. The number of rotatable bonds is 5. The van der Waals surface area contributed by atoms with Crippen molar-refractivity contribution < 1.29 is 39.9 Å². The van der Waals surface area contributed by atoms with Gasteiger partial charge in [-0.1, -0.05) is 23.2 Å². The minimum atomic E-state index is -5.83. The van der Waals surface area contributed by atoms with Gasteiger partial charge in [0.15, 0.2) is 5.92 Å². The zero-order valence-electron chi connectivity index (χ0n) is 11.3. The molecule has 0 saturated carbocycles. The van der Waals surface area contributed by atoms with Crippen LogP contribution in [0, 0.1) is 5.92 Å². The van der Waals surface area contributed by atoms with Crippen molar-refractivity contribution in [2.75, 3.05) is 6.61 Å². The van der Waals surface area contributed by atoms with Gasteiger partial charge in [0.1, 0.15) is 0 Å². The smallest absolute Gasteiger partial charge is 0.395 e. The maximum Gasteiger partial charge on any atom is 0.402 e. The summed E-state index contributed by atoms with van der Waals surface area (Å²) in [5, 5.41) is 8.51. The summed E-state index contributed by atoms with van der Waals surface area (Å²) in [7, 11) is -4.83. The van der Waals surface area contributed by atoms with Gasteiger partial charge in [-0.15, -0.1) is 0 Å². The molecule has 0 aliphatic rings. The largest absolute Gasteiger partial charge is 0.402 e. The molecule has 1 aromatic carbocycles. The molecule has 1 unspecified atom stereocenters. The first-order valence-electron chi connectivity index (χ1n) is 5.92. The first kappa shape index (κ1) is 21.3. The summed E-state index contributed by atoms with van der Waals surface area (Å²) in [6.07, 6.45) is -11.7. The molecule has 0 amide bonds. The molecular weight excluding hydrogens is 411 g/mol. The van der Waals surface area contributed by atoms with E-state index in [0.717, 1.165) is 18.2 Å². The molecule has 1 rings (SSSR count). The molecule has 0 heterocycles. The molecule has 138 valence electrons. The Morgan fingerprint density at radius 1 is 1.04 bits per heavy atom. The van der Waals surface area contributed by atoms with Crippen LogP contribution in [0.15, 0.2) is 23.1 Å². The van der Waals surface area contributed by atoms with Crippen molar-refractivity contribution in [3.8, 4) is 0 Å². The van der Waals surface area contributed by atoms with Crippen molar-refractivity contribution in [2.45, 2.75) is 23.3 Å². The summed E-state index contributed by atoms with van der Waals surface area (Å²) in [4.78, 5) is -0.710. The van der Waals surface area contributed by atoms with Crippen LogP contribution in [0.1, 0.15) is 0 Å². The second-order valence-corrected chi connectivity index (χ2v) is 7.08. The third kappa shape index (κ3) is 5.12. The number of hydrogen-bond donors (Lipinski definition) is 2. The first-order valence-corrected chi connectivity index (χ1v) is 8.15. The number of sulfonamides is 1. The molecule has 1 aromatic rings. The van der Waals surface area contributed by atoms with Crippen LogP contribution in [0.5, 0.6) is 0 Å². The molecule has 0 bridgehead atoms. The third-order valence-electron chi connectivity index (χ3n) is 2.81. The average molecular weight is 420 g/mol. The lowest BCUT2D eigenvalue weighted by atomic mass is 10.00. The highest BCUT2D eigenvalue weighted by Crippen LogP contribution is 2.41. The van der Waals surface area contributed by atoms with Crippen molar-refractivity contribution >= 4 is 33.2 Å². The van der Waals surface area contributed by atoms with Crippen molar-refractivity contribution in [3.63, 3.8) is 0 Å². The van der Waals surface area contributed by atoms with Crippen LogP contribution in [0.25, 0.3) is 0 Å². The molecule has 0 radical (unpaired) electrons. The van der Waals surface area contributed by atoms with E-state index in [0.29, 0.717) is 0 Å². The molecule has 24 heavy (non-hydrogen) atoms. The van der Waals surface area contributed by atoms with Crippen LogP contribution in [0.2, 0.25) is 10.0 Å². The van der Waals surface area contributed by atoms with Crippen LogP contribution < -0.4 is 4.72 Å². The van der Waals surface area contributed by atoms with E-state index in [-0.39, 0.29) is 10.0 Å². The zero-order chi connectivity index (χ0) is 18.9. The van der Waals surface area contributed by atoms with E-state index in [9.17, 15) is 34.8 Å². The fourth-order valence-corrected chi connectivity index (χ4v) is 3.39. The fourth-order valence-electron chi connectivity index (χ4n) is 1.76. The molecule has 1 atom stereocenters. The maximum atomic E-state index is 12.6. The van der Waals surface area contributed by atoms with Crippen molar-refractivity contribution in [1.82, 2.24) is 4.72 Å². The summed E-state index contributed by atoms with van der Waals surface area (Å²) in [6.45, 7) is -1.73. The Labute approximate surface area is 142 Å². The molecular formula is C11H9Cl2F6NO3S. The molecule has 0 aliphatic carbocycles. The van der Waals surface area contributed by atoms with Gasteiger partial charge in [0.2, 0.25) is 10.0 Å². The van der Waals surface area contributed by atoms with E-state index < -0.39 is 45.8 Å². The minimum absolute atomic E-state index is 0.0715. The number of nitrogens with one attached hydrogen (secondary N) is 1. The summed E-state index contributed by atoms with van der Waals surface area (Å²) in [5.41, 5.74) is 0. The summed E-state index contributed by atoms with van der Waals surface area (Å²) in [5.74, 6) is -4.09. The van der Waals surface area contributed by atoms with Crippen LogP contribution in [-0.4, -0.2) is 38.5 Å². The van der Waals surface area contributed by atoms with E-state index in [1.165, 1.54) is 4.72 Å². The number of hydrogen-bond acceptors (Lipinski definition) is 3. The SMILES string of the molecule is O=S(=O)(NC(CO)C(C(F)(F)F)C(F)(F)F)c1ccc(Cl)c(Cl)c1. The Hall–Kier alpha value is -0.750. The fraction of sp³-hybridized carbons (Fsp3) is 0.455. The van der Waals surface area contributed by atoms with Crippen LogP contribution in [0.3, 0.4) is 0 Å². The van der Waals surface area contributed by atoms with Crippen LogP contribution >= 0.6 is 23.2 Å². The van der Waals surface area contributed by atoms with Crippen molar-refractivity contribution in [3.05, 3.63) is 28.2 Å². The second-order valence-electron chi connectivity index (χ2n) is 4.55. The van der Waals surface area contributed by atoms with E-state index in [2.05, 4.69) is 0 Å². The normalized spacial score (nSPS) is 14.9. The van der Waals surface area contributed by atoms with Crippen molar-refractivity contribution in [2.24, 2.45) is 5.92 Å². The monoisotopic (exact) mass is 419 g/mol. The molecule has 4 nitrogen and oxygen atoms in total. The minimum Gasteiger partial charge on any atom is -0.395 e. The first-order chi connectivity index (χ1) is 10.7. The lowest BCUT2D eigenvalue weighted by Gasteiger charge is -2.29. The van der Waals surface area contributed by atoms with Gasteiger partial charge in [-0.3, -0.25) is 0 Å². The molecule has 2 N–H and O–H groups in total. The number of aliphatic hydroxyl groups excluding tert-OH is 1. The van der Waals surface area contributed by atoms with Gasteiger partial charge in [0.05, 0.1) is 27.6 Å². The lowest BCUT2D eigenvalue weighted by Crippen LogP contribution is -2.54. The lowest BCUT2D eigenvalue weighted by molar-refractivity contribution is -0.292. The quantitative estimate of drug-likeness (QED) is 0.719. The number of aliphatic hydroxyl groups is 1. The molecule has 13 heteroatoms. The van der Waals surface area contributed by atoms with Crippen molar-refractivity contribution in [1.29, 1.82) is 0 Å². The Morgan fingerprint density at radius 3 is 1.92 bits per heavy atom. The maximum absolute atomic E-state index is 12.6. The number of alkyl halides is 6. The predicted molar refractivity (Wildman–Crippen MR) is 73.3 cm³/mol. The van der Waals surface area contributed by atoms with Gasteiger partial charge in [-0.2, -0.15) is 26.3 Å². The Balaban J connectivity index is 3.24. The molecule has 0 aliphatic heterocycles. The highest BCUT2D eigenvalue weighted by atomic mass is 35.5. The second kappa shape index (κ2) is 7.24. The summed E-state index contributed by atoms with van der Waals surface area (Å²) < 4.78 is 101. The summed E-state index contributed by atoms with van der Waals surface area (Å²) >= 11 is 11.1. The zero-order valence-corrected chi connectivity index (χ0v) is 13.6. The number of benzene rings is 1. The molecule has 0 aromatic heterocycles. The van der Waals surface area contributed by atoms with Gasteiger partial charge in [-0.05, 0) is 18.2 Å². The van der Waals surface area contributed by atoms with Gasteiger partial charge in [-0.25, -0.2) is 13.1 Å². The van der Waals surface area contributed by atoms with E-state index in [1.807, 2.05) is 0 Å². The van der Waals surface area contributed by atoms with Gasteiger partial charge in [0, 0.05) is 0 Å². The van der Waals surface area contributed by atoms with Gasteiger partial charge in [0.25, 0.3) is 0 Å².